The van der Waals surface area contributed by atoms with Crippen molar-refractivity contribution in [3.05, 3.63) is 77.6 Å². The fourth-order valence-corrected chi connectivity index (χ4v) is 4.74. The van der Waals surface area contributed by atoms with E-state index in [1.54, 1.807) is 18.0 Å². The van der Waals surface area contributed by atoms with E-state index in [2.05, 4.69) is 53.2 Å². The van der Waals surface area contributed by atoms with E-state index in [0.717, 1.165) is 66.3 Å². The zero-order chi connectivity index (χ0) is 24.4. The highest BCUT2D eigenvalue weighted by Crippen LogP contribution is 2.30. The maximum atomic E-state index is 13.2. The van der Waals surface area contributed by atoms with Gasteiger partial charge in [-0.1, -0.05) is 42.0 Å². The van der Waals surface area contributed by atoms with E-state index in [1.807, 2.05) is 30.0 Å². The second kappa shape index (κ2) is 9.88. The number of pyridine rings is 1. The van der Waals surface area contributed by atoms with Crippen molar-refractivity contribution < 1.29 is 9.53 Å². The summed E-state index contributed by atoms with van der Waals surface area (Å²) in [6.07, 6.45) is 1.80. The lowest BCUT2D eigenvalue weighted by Gasteiger charge is -2.34. The molecule has 0 N–H and O–H groups in total. The summed E-state index contributed by atoms with van der Waals surface area (Å²) < 4.78 is 7.00. The molecule has 0 bridgehead atoms. The number of nitrogens with zero attached hydrogens (tertiary/aromatic N) is 5. The summed E-state index contributed by atoms with van der Waals surface area (Å²) in [6, 6.07) is 18.7. The zero-order valence-electron chi connectivity index (χ0n) is 20.6. The number of amides is 1. The van der Waals surface area contributed by atoms with E-state index in [9.17, 15) is 4.79 Å². The van der Waals surface area contributed by atoms with Crippen LogP contribution < -0.4 is 4.74 Å². The Balaban J connectivity index is 1.25. The molecule has 1 saturated heterocycles. The highest BCUT2D eigenvalue weighted by atomic mass is 16.5. The van der Waals surface area contributed by atoms with Gasteiger partial charge in [0, 0.05) is 44.3 Å². The van der Waals surface area contributed by atoms with Gasteiger partial charge in [-0.05, 0) is 48.7 Å². The van der Waals surface area contributed by atoms with Crippen LogP contribution in [0.5, 0.6) is 5.75 Å². The largest absolute Gasteiger partial charge is 0.497 e. The van der Waals surface area contributed by atoms with Crippen LogP contribution >= 0.6 is 0 Å². The van der Waals surface area contributed by atoms with Crippen molar-refractivity contribution in [3.63, 3.8) is 0 Å². The van der Waals surface area contributed by atoms with E-state index >= 15 is 0 Å². The molecule has 1 amide bonds. The lowest BCUT2D eigenvalue weighted by Crippen LogP contribution is -2.49. The topological polar surface area (TPSA) is 63.5 Å². The molecule has 7 heteroatoms. The summed E-state index contributed by atoms with van der Waals surface area (Å²) in [5.74, 6) is 0.951. The van der Waals surface area contributed by atoms with Crippen LogP contribution in [0.2, 0.25) is 0 Å². The molecule has 0 unspecified atom stereocenters. The molecule has 1 aliphatic rings. The Labute approximate surface area is 205 Å². The molecule has 4 aromatic rings. The molecule has 2 aromatic heterocycles. The van der Waals surface area contributed by atoms with Crippen molar-refractivity contribution in [1.82, 2.24) is 24.6 Å². The van der Waals surface area contributed by atoms with Gasteiger partial charge < -0.3 is 9.64 Å². The number of hydrogen-bond donors (Lipinski definition) is 0. The van der Waals surface area contributed by atoms with Crippen LogP contribution in [0.1, 0.15) is 16.8 Å². The Morgan fingerprint density at radius 2 is 1.66 bits per heavy atom. The number of ether oxygens (including phenoxy) is 1. The number of carbonyl (C=O) groups is 1. The maximum absolute atomic E-state index is 13.2. The van der Waals surface area contributed by atoms with E-state index in [-0.39, 0.29) is 12.5 Å². The van der Waals surface area contributed by atoms with Gasteiger partial charge in [-0.2, -0.15) is 5.10 Å². The molecule has 0 radical (unpaired) electrons. The Bertz CT molecular complexity index is 1320. The van der Waals surface area contributed by atoms with Gasteiger partial charge in [0.25, 0.3) is 0 Å². The van der Waals surface area contributed by atoms with Gasteiger partial charge in [0.05, 0.1) is 12.8 Å². The predicted octanol–water partition coefficient (Wildman–Crippen LogP) is 4.07. The van der Waals surface area contributed by atoms with Crippen molar-refractivity contribution in [2.45, 2.75) is 26.9 Å². The molecule has 1 fully saturated rings. The Kier molecular flexibility index (Phi) is 6.51. The SMILES string of the molecule is COc1ccc(CN2CCN(C(=O)Cn3nc(C)c4c(-c5ccc(C)cc5)ccnc43)CC2)cc1. The highest BCUT2D eigenvalue weighted by Gasteiger charge is 2.23. The van der Waals surface area contributed by atoms with Crippen LogP contribution in [0.3, 0.4) is 0 Å². The number of hydrogen-bond acceptors (Lipinski definition) is 5. The molecule has 1 aliphatic heterocycles. The highest BCUT2D eigenvalue weighted by molar-refractivity contribution is 5.95. The predicted molar refractivity (Wildman–Crippen MR) is 137 cm³/mol. The third kappa shape index (κ3) is 4.91. The number of methoxy groups -OCH3 is 1. The zero-order valence-corrected chi connectivity index (χ0v) is 20.6. The van der Waals surface area contributed by atoms with Gasteiger partial charge in [-0.25, -0.2) is 9.67 Å². The van der Waals surface area contributed by atoms with Gasteiger partial charge in [-0.3, -0.25) is 9.69 Å². The number of aryl methyl sites for hydroxylation is 2. The minimum absolute atomic E-state index is 0.0843. The van der Waals surface area contributed by atoms with Crippen molar-refractivity contribution in [3.8, 4) is 16.9 Å². The average molecular weight is 470 g/mol. The van der Waals surface area contributed by atoms with E-state index in [0.29, 0.717) is 0 Å². The standard InChI is InChI=1S/C28H31N5O2/c1-20-4-8-23(9-5-20)25-12-13-29-28-27(25)21(2)30-33(28)19-26(34)32-16-14-31(15-17-32)18-22-6-10-24(35-3)11-7-22/h4-13H,14-19H2,1-3H3. The third-order valence-corrected chi connectivity index (χ3v) is 6.75. The number of carbonyl (C=O) groups excluding carboxylic acids is 1. The second-order valence-corrected chi connectivity index (χ2v) is 9.17. The van der Waals surface area contributed by atoms with Crippen molar-refractivity contribution >= 4 is 16.9 Å². The summed E-state index contributed by atoms with van der Waals surface area (Å²) in [4.78, 5) is 22.1. The molecule has 3 heterocycles. The molecular formula is C28H31N5O2. The molecule has 0 saturated carbocycles. The summed E-state index contributed by atoms with van der Waals surface area (Å²) >= 11 is 0. The maximum Gasteiger partial charge on any atom is 0.244 e. The second-order valence-electron chi connectivity index (χ2n) is 9.17. The summed E-state index contributed by atoms with van der Waals surface area (Å²) in [5.41, 5.74) is 6.34. The van der Waals surface area contributed by atoms with Crippen LogP contribution in [0, 0.1) is 13.8 Å². The van der Waals surface area contributed by atoms with Crippen LogP contribution in [-0.4, -0.2) is 63.8 Å². The normalized spacial score (nSPS) is 14.4. The number of rotatable bonds is 6. The lowest BCUT2D eigenvalue weighted by molar-refractivity contribution is -0.133. The van der Waals surface area contributed by atoms with Crippen LogP contribution in [0.4, 0.5) is 0 Å². The van der Waals surface area contributed by atoms with E-state index in [4.69, 9.17) is 9.84 Å². The monoisotopic (exact) mass is 469 g/mol. The lowest BCUT2D eigenvalue weighted by atomic mass is 10.0. The van der Waals surface area contributed by atoms with Crippen molar-refractivity contribution in [2.75, 3.05) is 33.3 Å². The molecule has 0 aliphatic carbocycles. The Morgan fingerprint density at radius 3 is 2.34 bits per heavy atom. The van der Waals surface area contributed by atoms with Gasteiger partial charge in [0.15, 0.2) is 5.65 Å². The van der Waals surface area contributed by atoms with E-state index < -0.39 is 0 Å². The smallest absolute Gasteiger partial charge is 0.244 e. The molecule has 35 heavy (non-hydrogen) atoms. The minimum Gasteiger partial charge on any atom is -0.497 e. The summed E-state index contributed by atoms with van der Waals surface area (Å²) in [7, 11) is 1.68. The number of piperazine rings is 1. The van der Waals surface area contributed by atoms with Gasteiger partial charge >= 0.3 is 0 Å². The number of aromatic nitrogens is 3. The fourth-order valence-electron chi connectivity index (χ4n) is 4.74. The summed E-state index contributed by atoms with van der Waals surface area (Å²) in [5, 5.41) is 5.71. The molecule has 7 nitrogen and oxygen atoms in total. The van der Waals surface area contributed by atoms with Gasteiger partial charge in [0.1, 0.15) is 12.3 Å². The van der Waals surface area contributed by atoms with Crippen LogP contribution in [-0.2, 0) is 17.9 Å². The molecular weight excluding hydrogens is 438 g/mol. The quantitative estimate of drug-likeness (QED) is 0.426. The van der Waals surface area contributed by atoms with E-state index in [1.165, 1.54) is 11.1 Å². The van der Waals surface area contributed by atoms with Gasteiger partial charge in [-0.15, -0.1) is 0 Å². The minimum atomic E-state index is 0.0843. The molecule has 0 atom stereocenters. The fraction of sp³-hybridized carbons (Fsp3) is 0.321. The molecule has 5 rings (SSSR count). The first-order chi connectivity index (χ1) is 17.0. The molecule has 0 spiro atoms. The Morgan fingerprint density at radius 1 is 0.943 bits per heavy atom. The first-order valence-corrected chi connectivity index (χ1v) is 12.0. The first-order valence-electron chi connectivity index (χ1n) is 12.0. The average Bonchev–Trinajstić information content (AvgIpc) is 3.20. The number of fused-ring (bicyclic) bond motifs is 1. The molecule has 180 valence electrons. The third-order valence-electron chi connectivity index (χ3n) is 6.75. The number of benzene rings is 2. The van der Waals surface area contributed by atoms with Crippen molar-refractivity contribution in [1.29, 1.82) is 0 Å². The molecule has 2 aromatic carbocycles. The first kappa shape index (κ1) is 23.1. The van der Waals surface area contributed by atoms with Crippen molar-refractivity contribution in [2.24, 2.45) is 0 Å². The summed E-state index contributed by atoms with van der Waals surface area (Å²) in [6.45, 7) is 8.29. The van der Waals surface area contributed by atoms with Crippen LogP contribution in [0.15, 0.2) is 60.8 Å². The van der Waals surface area contributed by atoms with Gasteiger partial charge in [0.2, 0.25) is 5.91 Å². The Hall–Kier alpha value is -3.71. The van der Waals surface area contributed by atoms with Crippen LogP contribution in [0.25, 0.3) is 22.2 Å².